The van der Waals surface area contributed by atoms with Crippen LogP contribution >= 0.6 is 11.3 Å². The molecule has 0 radical (unpaired) electrons. The molecule has 3 N–H and O–H groups in total. The Morgan fingerprint density at radius 3 is 2.37 bits per heavy atom. The Bertz CT molecular complexity index is 1210. The summed E-state index contributed by atoms with van der Waals surface area (Å²) in [5.74, 6) is -1.47. The van der Waals surface area contributed by atoms with E-state index in [2.05, 4.69) is 27.5 Å². The summed E-state index contributed by atoms with van der Waals surface area (Å²) in [6, 6.07) is -1.04. The smallest absolute Gasteiger partial charge is 0.388 e. The maximum absolute atomic E-state index is 13.8. The van der Waals surface area contributed by atoms with Crippen molar-refractivity contribution in [3.8, 4) is 10.4 Å². The van der Waals surface area contributed by atoms with Gasteiger partial charge in [-0.1, -0.05) is 0 Å². The van der Waals surface area contributed by atoms with Crippen LogP contribution in [0.4, 0.5) is 27.8 Å². The number of pyridine rings is 1. The van der Waals surface area contributed by atoms with Crippen molar-refractivity contribution in [2.75, 3.05) is 11.9 Å². The molecule has 14 heteroatoms. The molecule has 2 aromatic heterocycles. The number of hydrogen-bond donors (Lipinski definition) is 3. The van der Waals surface area contributed by atoms with E-state index < -0.39 is 47.7 Å². The van der Waals surface area contributed by atoms with Crippen molar-refractivity contribution in [2.24, 2.45) is 5.92 Å². The Morgan fingerprint density at radius 1 is 1.24 bits per heavy atom. The first-order valence-corrected chi connectivity index (χ1v) is 14.2. The molecule has 1 saturated heterocycles. The predicted molar refractivity (Wildman–Crippen MR) is 146 cm³/mol. The van der Waals surface area contributed by atoms with Gasteiger partial charge in [-0.05, 0) is 72.3 Å². The van der Waals surface area contributed by atoms with Crippen LogP contribution in [0.3, 0.4) is 0 Å². The van der Waals surface area contributed by atoms with E-state index >= 15 is 0 Å². The molecule has 2 fully saturated rings. The Balaban J connectivity index is 0.000000496. The van der Waals surface area contributed by atoms with Gasteiger partial charge in [0.2, 0.25) is 6.41 Å². The fraction of sp³-hybridized carbons (Fsp3) is 0.630. The van der Waals surface area contributed by atoms with Crippen molar-refractivity contribution in [1.82, 2.24) is 20.2 Å². The van der Waals surface area contributed by atoms with Crippen LogP contribution in [-0.4, -0.2) is 68.7 Å². The molecule has 3 unspecified atom stereocenters. The number of thiazole rings is 1. The number of carbonyl (C=O) groups excluding carboxylic acids is 2. The van der Waals surface area contributed by atoms with Gasteiger partial charge in [0.05, 0.1) is 22.2 Å². The zero-order chi connectivity index (χ0) is 30.7. The first-order valence-electron chi connectivity index (χ1n) is 13.4. The SMILES string of the molecule is CC1CCCN1C=O.Cc1nc(C(=O)NC(C)C(C)(C)O)sc1-c1cnc(NC(C2CC2)C(F)(F)F)cc1C(F)F. The first-order chi connectivity index (χ1) is 19.0. The number of aryl methyl sites for hydroxylation is 1. The quantitative estimate of drug-likeness (QED) is 0.249. The van der Waals surface area contributed by atoms with Crippen molar-refractivity contribution in [2.45, 2.75) is 96.6 Å². The minimum Gasteiger partial charge on any atom is -0.388 e. The maximum atomic E-state index is 13.8. The van der Waals surface area contributed by atoms with E-state index in [1.807, 2.05) is 4.90 Å². The van der Waals surface area contributed by atoms with Crippen LogP contribution in [0.15, 0.2) is 12.3 Å². The summed E-state index contributed by atoms with van der Waals surface area (Å²) < 4.78 is 67.6. The highest BCUT2D eigenvalue weighted by molar-refractivity contribution is 7.17. The van der Waals surface area contributed by atoms with Crippen LogP contribution in [0.2, 0.25) is 0 Å². The van der Waals surface area contributed by atoms with E-state index in [9.17, 15) is 36.6 Å². The van der Waals surface area contributed by atoms with Gasteiger partial charge < -0.3 is 20.6 Å². The number of nitrogens with zero attached hydrogens (tertiary/aromatic N) is 3. The summed E-state index contributed by atoms with van der Waals surface area (Å²) in [7, 11) is 0. The third-order valence-corrected chi connectivity index (χ3v) is 8.49. The number of amides is 2. The van der Waals surface area contributed by atoms with Crippen molar-refractivity contribution < 1.29 is 36.6 Å². The number of hydrogen-bond acceptors (Lipinski definition) is 7. The van der Waals surface area contributed by atoms with Gasteiger partial charge >= 0.3 is 6.18 Å². The van der Waals surface area contributed by atoms with E-state index in [1.165, 1.54) is 33.6 Å². The van der Waals surface area contributed by atoms with Crippen molar-refractivity contribution >= 4 is 29.5 Å². The van der Waals surface area contributed by atoms with Crippen molar-refractivity contribution in [3.05, 3.63) is 28.5 Å². The van der Waals surface area contributed by atoms with Crippen LogP contribution < -0.4 is 10.6 Å². The predicted octanol–water partition coefficient (Wildman–Crippen LogP) is 5.72. The Morgan fingerprint density at radius 2 is 1.90 bits per heavy atom. The highest BCUT2D eigenvalue weighted by Crippen LogP contribution is 2.42. The summed E-state index contributed by atoms with van der Waals surface area (Å²) in [6.07, 6.45) is -2.31. The second kappa shape index (κ2) is 13.0. The molecule has 2 aromatic rings. The number of likely N-dealkylation sites (tertiary alicyclic amines) is 1. The molecule has 228 valence electrons. The lowest BCUT2D eigenvalue weighted by Gasteiger charge is -2.26. The van der Waals surface area contributed by atoms with Gasteiger partial charge in [-0.3, -0.25) is 9.59 Å². The van der Waals surface area contributed by atoms with Gasteiger partial charge in [-0.2, -0.15) is 13.2 Å². The van der Waals surface area contributed by atoms with Crippen LogP contribution in [0, 0.1) is 12.8 Å². The molecule has 1 saturated carbocycles. The third kappa shape index (κ3) is 8.57. The summed E-state index contributed by atoms with van der Waals surface area (Å²) in [5.41, 5.74) is -1.39. The van der Waals surface area contributed by atoms with Crippen molar-refractivity contribution in [1.29, 1.82) is 0 Å². The van der Waals surface area contributed by atoms with Gasteiger partial charge in [-0.15, -0.1) is 11.3 Å². The standard InChI is InChI=1S/C21H25F5N4O2S.C6H11NO/c1-9-15(33-19(28-9)18(31)29-10(2)20(3,4)32)13-8-27-14(7-12(13)17(22)23)30-16(11-5-6-11)21(24,25)26;1-6-3-2-4-7(6)5-8/h7-8,10-11,16-17,32H,5-6H2,1-4H3,(H,27,30)(H,29,31);5-6H,2-4H2,1H3. The Labute approximate surface area is 239 Å². The number of aliphatic hydroxyl groups is 1. The van der Waals surface area contributed by atoms with Crippen LogP contribution in [0.25, 0.3) is 10.4 Å². The fourth-order valence-corrected chi connectivity index (χ4v) is 5.27. The van der Waals surface area contributed by atoms with E-state index in [1.54, 1.807) is 6.92 Å². The summed E-state index contributed by atoms with van der Waals surface area (Å²) in [4.78, 5) is 32.8. The molecule has 1 aliphatic heterocycles. The Kier molecular flexibility index (Phi) is 10.3. The largest absolute Gasteiger partial charge is 0.408 e. The number of anilines is 1. The minimum atomic E-state index is -4.52. The molecule has 1 aliphatic carbocycles. The first kappa shape index (κ1) is 32.6. The second-order valence-corrected chi connectivity index (χ2v) is 12.1. The van der Waals surface area contributed by atoms with Gasteiger partial charge in [0, 0.05) is 29.9 Å². The average molecular weight is 606 g/mol. The van der Waals surface area contributed by atoms with Crippen LogP contribution in [0.5, 0.6) is 0 Å². The summed E-state index contributed by atoms with van der Waals surface area (Å²) >= 11 is 0.865. The molecule has 8 nitrogen and oxygen atoms in total. The van der Waals surface area contributed by atoms with E-state index in [-0.39, 0.29) is 21.3 Å². The zero-order valence-corrected chi connectivity index (χ0v) is 24.4. The van der Waals surface area contributed by atoms with E-state index in [0.717, 1.165) is 36.6 Å². The molecule has 0 spiro atoms. The van der Waals surface area contributed by atoms with Gasteiger partial charge in [0.15, 0.2) is 5.01 Å². The van der Waals surface area contributed by atoms with Gasteiger partial charge in [0.1, 0.15) is 11.9 Å². The molecule has 41 heavy (non-hydrogen) atoms. The molecule has 2 aliphatic rings. The normalized spacial score (nSPS) is 18.9. The molecule has 2 amide bonds. The lowest BCUT2D eigenvalue weighted by molar-refractivity contribution is -0.146. The van der Waals surface area contributed by atoms with Crippen LogP contribution in [0.1, 0.15) is 80.9 Å². The van der Waals surface area contributed by atoms with Crippen LogP contribution in [-0.2, 0) is 4.79 Å². The molecular formula is C27H36F5N5O3S. The lowest BCUT2D eigenvalue weighted by Crippen LogP contribution is -2.47. The zero-order valence-electron chi connectivity index (χ0n) is 23.6. The number of carbonyl (C=O) groups is 2. The number of halogens is 5. The number of rotatable bonds is 9. The monoisotopic (exact) mass is 605 g/mol. The number of aromatic nitrogens is 2. The third-order valence-electron chi connectivity index (χ3n) is 7.30. The van der Waals surface area contributed by atoms with E-state index in [0.29, 0.717) is 24.6 Å². The molecule has 0 aromatic carbocycles. The lowest BCUT2D eigenvalue weighted by atomic mass is 10.0. The maximum Gasteiger partial charge on any atom is 0.408 e. The average Bonchev–Trinajstić information content (AvgIpc) is 3.51. The topological polar surface area (TPSA) is 107 Å². The Hall–Kier alpha value is -2.87. The second-order valence-electron chi connectivity index (χ2n) is 11.1. The number of nitrogens with one attached hydrogen (secondary N) is 2. The highest BCUT2D eigenvalue weighted by Gasteiger charge is 2.49. The fourth-order valence-electron chi connectivity index (χ4n) is 4.27. The van der Waals surface area contributed by atoms with E-state index in [4.69, 9.17) is 0 Å². The molecule has 4 rings (SSSR count). The summed E-state index contributed by atoms with van der Waals surface area (Å²) in [5, 5.41) is 14.9. The molecule has 0 bridgehead atoms. The molecular weight excluding hydrogens is 569 g/mol. The number of alkyl halides is 5. The van der Waals surface area contributed by atoms with Crippen molar-refractivity contribution in [3.63, 3.8) is 0 Å². The molecule has 3 atom stereocenters. The highest BCUT2D eigenvalue weighted by atomic mass is 32.1. The van der Waals surface area contributed by atoms with Gasteiger partial charge in [0.25, 0.3) is 12.3 Å². The van der Waals surface area contributed by atoms with Gasteiger partial charge in [-0.25, -0.2) is 18.7 Å². The molecule has 3 heterocycles. The summed E-state index contributed by atoms with van der Waals surface area (Å²) in [6.45, 7) is 9.25. The minimum absolute atomic E-state index is 0.00452.